The van der Waals surface area contributed by atoms with E-state index >= 15 is 0 Å². The summed E-state index contributed by atoms with van der Waals surface area (Å²) in [6.45, 7) is 0. The number of aromatic nitrogens is 8. The fraction of sp³-hybridized carbons (Fsp3) is 0.0500. The molecule has 0 amide bonds. The first kappa shape index (κ1) is 27.7. The van der Waals surface area contributed by atoms with Crippen LogP contribution in [0.4, 0.5) is 0 Å². The Morgan fingerprint density at radius 2 is 0.667 bits per heavy atom. The van der Waals surface area contributed by atoms with Gasteiger partial charge < -0.3 is 9.97 Å². The van der Waals surface area contributed by atoms with E-state index in [9.17, 15) is 0 Å². The maximum atomic E-state index is 5.32. The van der Waals surface area contributed by atoms with Crippen molar-refractivity contribution in [3.63, 3.8) is 0 Å². The standard InChI is InChI=1S/C40H28N8/c1-2-30-38(26-11-19-42-20-12-26)32-5-6-34(47-32)40(28-15-23-44-24-16-28)36-8-7-35(48-36)39(27-13-21-43-22-14-27)33-4-3-31(46-33)37(29(1)45-30)25-9-17-41-18-10-25/h1-6,9-24,45,48H,7-8H2. The van der Waals surface area contributed by atoms with Crippen LogP contribution in [-0.4, -0.2) is 39.9 Å². The van der Waals surface area contributed by atoms with Crippen molar-refractivity contribution in [1.29, 1.82) is 0 Å². The van der Waals surface area contributed by atoms with E-state index in [2.05, 4.69) is 90.6 Å². The Labute approximate surface area is 276 Å². The lowest BCUT2D eigenvalue weighted by Crippen LogP contribution is -1.92. The Kier molecular flexibility index (Phi) is 6.75. The molecule has 6 aromatic heterocycles. The maximum absolute atomic E-state index is 5.32. The first-order chi connectivity index (χ1) is 23.8. The number of hydrogen-bond donors (Lipinski definition) is 2. The van der Waals surface area contributed by atoms with Gasteiger partial charge >= 0.3 is 0 Å². The number of nitrogens with zero attached hydrogens (tertiary/aromatic N) is 6. The van der Waals surface area contributed by atoms with Crippen molar-refractivity contribution in [2.24, 2.45) is 0 Å². The second-order valence-corrected chi connectivity index (χ2v) is 11.7. The normalized spacial score (nSPS) is 12.7. The number of aromatic amines is 2. The SMILES string of the molecule is C1=Cc2nc1c(-c1ccncc1)c1[nH]c(c(-c3ccncc3)c3nc(c(-c4ccncc4)c4ccc([nH]4)c2-c2ccncc2)C=C3)CC1. The van der Waals surface area contributed by atoms with E-state index in [4.69, 9.17) is 9.97 Å². The first-order valence-corrected chi connectivity index (χ1v) is 15.9. The van der Waals surface area contributed by atoms with E-state index in [1.807, 2.05) is 73.8 Å². The van der Waals surface area contributed by atoms with Gasteiger partial charge in [0.2, 0.25) is 0 Å². The molecule has 8 heteroatoms. The molecule has 3 aliphatic rings. The smallest absolute Gasteiger partial charge is 0.0737 e. The zero-order valence-corrected chi connectivity index (χ0v) is 25.8. The monoisotopic (exact) mass is 620 g/mol. The Hall–Kier alpha value is -6.54. The van der Waals surface area contributed by atoms with Crippen molar-refractivity contribution >= 4 is 35.3 Å². The van der Waals surface area contributed by atoms with Gasteiger partial charge in [0.05, 0.1) is 22.8 Å². The van der Waals surface area contributed by atoms with E-state index in [1.54, 1.807) is 0 Å². The third kappa shape index (κ3) is 4.87. The Morgan fingerprint density at radius 1 is 0.354 bits per heavy atom. The molecule has 228 valence electrons. The number of aryl methyl sites for hydroxylation is 2. The summed E-state index contributed by atoms with van der Waals surface area (Å²) in [6.07, 6.45) is 24.7. The molecule has 48 heavy (non-hydrogen) atoms. The molecule has 3 aliphatic heterocycles. The number of fused-ring (bicyclic) bond motifs is 8. The molecule has 0 fully saturated rings. The topological polar surface area (TPSA) is 109 Å². The van der Waals surface area contributed by atoms with Crippen LogP contribution in [0.15, 0.2) is 110 Å². The molecule has 9 rings (SSSR count). The number of H-pyrrole nitrogens is 2. The van der Waals surface area contributed by atoms with E-state index in [-0.39, 0.29) is 0 Å². The number of pyridine rings is 4. The van der Waals surface area contributed by atoms with Gasteiger partial charge in [-0.3, -0.25) is 19.9 Å². The first-order valence-electron chi connectivity index (χ1n) is 15.9. The number of nitrogens with one attached hydrogen (secondary N) is 2. The van der Waals surface area contributed by atoms with E-state index in [1.165, 1.54) is 0 Å². The van der Waals surface area contributed by atoms with Crippen LogP contribution in [0.3, 0.4) is 0 Å². The molecule has 0 unspecified atom stereocenters. The van der Waals surface area contributed by atoms with Gasteiger partial charge in [0.25, 0.3) is 0 Å². The van der Waals surface area contributed by atoms with Crippen molar-refractivity contribution in [2.75, 3.05) is 0 Å². The largest absolute Gasteiger partial charge is 0.361 e. The Balaban J connectivity index is 1.47. The summed E-state index contributed by atoms with van der Waals surface area (Å²) in [5.74, 6) is 0. The second-order valence-electron chi connectivity index (χ2n) is 11.7. The summed E-state index contributed by atoms with van der Waals surface area (Å²) in [6, 6.07) is 20.6. The third-order valence-corrected chi connectivity index (χ3v) is 8.94. The van der Waals surface area contributed by atoms with Gasteiger partial charge in [0.15, 0.2) is 0 Å². The summed E-state index contributed by atoms with van der Waals surface area (Å²) in [4.78, 5) is 35.5. The molecular weight excluding hydrogens is 592 g/mol. The van der Waals surface area contributed by atoms with Gasteiger partial charge in [-0.2, -0.15) is 0 Å². The fourth-order valence-electron chi connectivity index (χ4n) is 6.81. The summed E-state index contributed by atoms with van der Waals surface area (Å²) in [7, 11) is 0. The van der Waals surface area contributed by atoms with E-state index in [0.29, 0.717) is 0 Å². The lowest BCUT2D eigenvalue weighted by atomic mass is 10.00. The van der Waals surface area contributed by atoms with Crippen molar-refractivity contribution in [3.8, 4) is 44.5 Å². The van der Waals surface area contributed by atoms with Crippen molar-refractivity contribution < 1.29 is 0 Å². The van der Waals surface area contributed by atoms with Crippen LogP contribution in [0.2, 0.25) is 0 Å². The molecule has 6 aromatic rings. The molecule has 0 atom stereocenters. The molecule has 0 aliphatic carbocycles. The van der Waals surface area contributed by atoms with Gasteiger partial charge in [-0.15, -0.1) is 0 Å². The average Bonchev–Trinajstić information content (AvgIpc) is 3.98. The van der Waals surface area contributed by atoms with Crippen LogP contribution in [-0.2, 0) is 12.8 Å². The highest BCUT2D eigenvalue weighted by Crippen LogP contribution is 2.38. The predicted octanol–water partition coefficient (Wildman–Crippen LogP) is 8.41. The van der Waals surface area contributed by atoms with Crippen LogP contribution < -0.4 is 0 Å². The summed E-state index contributed by atoms with van der Waals surface area (Å²) >= 11 is 0. The van der Waals surface area contributed by atoms with Gasteiger partial charge in [-0.25, -0.2) is 9.97 Å². The molecule has 2 N–H and O–H groups in total. The molecular formula is C40H28N8. The highest BCUT2D eigenvalue weighted by molar-refractivity contribution is 5.96. The third-order valence-electron chi connectivity index (χ3n) is 8.94. The van der Waals surface area contributed by atoms with Crippen molar-refractivity contribution in [2.45, 2.75) is 12.8 Å². The lowest BCUT2D eigenvalue weighted by molar-refractivity contribution is 1.02. The van der Waals surface area contributed by atoms with Crippen LogP contribution >= 0.6 is 0 Å². The van der Waals surface area contributed by atoms with Crippen LogP contribution in [0.5, 0.6) is 0 Å². The highest BCUT2D eigenvalue weighted by Gasteiger charge is 2.22. The summed E-state index contributed by atoms with van der Waals surface area (Å²) in [5.41, 5.74) is 15.9. The van der Waals surface area contributed by atoms with Crippen molar-refractivity contribution in [3.05, 3.63) is 144 Å². The second kappa shape index (κ2) is 11.7. The Bertz CT molecular complexity index is 2260. The molecule has 9 heterocycles. The number of hydrogen-bond acceptors (Lipinski definition) is 6. The molecule has 0 radical (unpaired) electrons. The minimum absolute atomic E-state index is 0.826. The molecule has 0 saturated carbocycles. The molecule has 0 spiro atoms. The lowest BCUT2D eigenvalue weighted by Gasteiger charge is -2.07. The van der Waals surface area contributed by atoms with Crippen LogP contribution in [0.25, 0.3) is 79.8 Å². The average molecular weight is 621 g/mol. The summed E-state index contributed by atoms with van der Waals surface area (Å²) in [5, 5.41) is 0. The highest BCUT2D eigenvalue weighted by atomic mass is 14.8. The van der Waals surface area contributed by atoms with Crippen molar-refractivity contribution in [1.82, 2.24) is 39.9 Å². The van der Waals surface area contributed by atoms with Gasteiger partial charge in [-0.05, 0) is 120 Å². The molecule has 8 nitrogen and oxygen atoms in total. The van der Waals surface area contributed by atoms with E-state index < -0.39 is 0 Å². The van der Waals surface area contributed by atoms with Gasteiger partial charge in [0.1, 0.15) is 0 Å². The maximum Gasteiger partial charge on any atom is 0.0737 e. The Morgan fingerprint density at radius 3 is 1.02 bits per heavy atom. The van der Waals surface area contributed by atoms with Gasteiger partial charge in [-0.1, -0.05) is 0 Å². The molecule has 8 bridgehead atoms. The fourth-order valence-corrected chi connectivity index (χ4v) is 6.81. The quantitative estimate of drug-likeness (QED) is 0.205. The number of rotatable bonds is 4. The van der Waals surface area contributed by atoms with Gasteiger partial charge in [0, 0.05) is 94.2 Å². The zero-order chi connectivity index (χ0) is 31.9. The summed E-state index contributed by atoms with van der Waals surface area (Å²) < 4.78 is 0. The van der Waals surface area contributed by atoms with E-state index in [0.717, 1.165) is 103 Å². The minimum atomic E-state index is 0.826. The molecule has 0 aromatic carbocycles. The van der Waals surface area contributed by atoms with Crippen LogP contribution in [0, 0.1) is 0 Å². The minimum Gasteiger partial charge on any atom is -0.361 e. The van der Waals surface area contributed by atoms with Crippen LogP contribution in [0.1, 0.15) is 34.2 Å². The molecule has 0 saturated heterocycles. The zero-order valence-electron chi connectivity index (χ0n) is 25.8. The predicted molar refractivity (Wildman–Crippen MR) is 190 cm³/mol.